The van der Waals surface area contributed by atoms with Crippen molar-refractivity contribution in [3.8, 4) is 5.69 Å². The van der Waals surface area contributed by atoms with Crippen LogP contribution in [0, 0.1) is 6.92 Å². The van der Waals surface area contributed by atoms with Crippen LogP contribution in [0.15, 0.2) is 74.9 Å². The van der Waals surface area contributed by atoms with Crippen LogP contribution in [0.5, 0.6) is 0 Å². The number of rotatable bonds is 3. The topological polar surface area (TPSA) is 70.0 Å². The van der Waals surface area contributed by atoms with Crippen molar-refractivity contribution in [2.24, 2.45) is 0 Å². The fourth-order valence-corrected chi connectivity index (χ4v) is 2.85. The van der Waals surface area contributed by atoms with Crippen LogP contribution in [0.3, 0.4) is 0 Å². The van der Waals surface area contributed by atoms with Gasteiger partial charge in [-0.05, 0) is 36.8 Å². The van der Waals surface area contributed by atoms with E-state index < -0.39 is 5.63 Å². The fraction of sp³-hybridized carbons (Fsp3) is 0.105. The van der Waals surface area contributed by atoms with Crippen LogP contribution >= 0.6 is 0 Å². The SMILES string of the molecule is Cc1ccc2oc(=O)cc(Cn3cnn(-c4ccccc4)c3=O)c2c1. The van der Waals surface area contributed by atoms with E-state index in [2.05, 4.69) is 5.10 Å². The second-order valence-electron chi connectivity index (χ2n) is 5.88. The van der Waals surface area contributed by atoms with Crippen molar-refractivity contribution < 1.29 is 4.42 Å². The minimum atomic E-state index is -0.435. The molecule has 4 aromatic rings. The monoisotopic (exact) mass is 333 g/mol. The third kappa shape index (κ3) is 2.78. The van der Waals surface area contributed by atoms with Gasteiger partial charge in [-0.2, -0.15) is 9.78 Å². The van der Waals surface area contributed by atoms with Crippen molar-refractivity contribution in [3.63, 3.8) is 0 Å². The number of hydrogen-bond acceptors (Lipinski definition) is 4. The number of aryl methyl sites for hydroxylation is 1. The molecule has 0 aliphatic carbocycles. The zero-order valence-electron chi connectivity index (χ0n) is 13.5. The summed E-state index contributed by atoms with van der Waals surface area (Å²) in [7, 11) is 0. The standard InChI is InChI=1S/C19H15N3O3/c1-13-7-8-17-16(9-13)14(10-18(23)25-17)11-21-12-20-22(19(21)24)15-5-3-2-4-6-15/h2-10,12H,11H2,1H3. The minimum absolute atomic E-state index is 0.247. The van der Waals surface area contributed by atoms with Crippen molar-refractivity contribution in [1.29, 1.82) is 0 Å². The molecule has 25 heavy (non-hydrogen) atoms. The summed E-state index contributed by atoms with van der Waals surface area (Å²) in [5.74, 6) is 0. The molecule has 4 rings (SSSR count). The van der Waals surface area contributed by atoms with E-state index in [1.165, 1.54) is 21.6 Å². The Kier molecular flexibility index (Phi) is 3.57. The van der Waals surface area contributed by atoms with Gasteiger partial charge in [0.15, 0.2) is 0 Å². The molecule has 6 heteroatoms. The number of benzene rings is 2. The van der Waals surface area contributed by atoms with Crippen molar-refractivity contribution in [3.05, 3.63) is 93.0 Å². The maximum atomic E-state index is 12.6. The molecular formula is C19H15N3O3. The first-order chi connectivity index (χ1) is 12.1. The van der Waals surface area contributed by atoms with E-state index in [0.717, 1.165) is 16.5 Å². The molecular weight excluding hydrogens is 318 g/mol. The molecule has 0 spiro atoms. The molecule has 0 aliphatic heterocycles. The average molecular weight is 333 g/mol. The van der Waals surface area contributed by atoms with Gasteiger partial charge in [-0.25, -0.2) is 9.59 Å². The normalized spacial score (nSPS) is 11.1. The molecule has 0 radical (unpaired) electrons. The van der Waals surface area contributed by atoms with Gasteiger partial charge in [0.1, 0.15) is 11.9 Å². The molecule has 0 fully saturated rings. The lowest BCUT2D eigenvalue weighted by atomic mass is 10.1. The Hall–Kier alpha value is -3.41. The van der Waals surface area contributed by atoms with E-state index in [0.29, 0.717) is 11.3 Å². The Bertz CT molecular complexity index is 1170. The highest BCUT2D eigenvalue weighted by Crippen LogP contribution is 2.19. The van der Waals surface area contributed by atoms with Gasteiger partial charge in [-0.15, -0.1) is 0 Å². The van der Waals surface area contributed by atoms with Crippen LogP contribution in [0.25, 0.3) is 16.7 Å². The highest BCUT2D eigenvalue weighted by Gasteiger charge is 2.11. The van der Waals surface area contributed by atoms with Gasteiger partial charge in [0.05, 0.1) is 12.2 Å². The van der Waals surface area contributed by atoms with Crippen LogP contribution in [-0.4, -0.2) is 14.3 Å². The van der Waals surface area contributed by atoms with E-state index in [4.69, 9.17) is 4.42 Å². The Balaban J connectivity index is 1.81. The molecule has 0 N–H and O–H groups in total. The van der Waals surface area contributed by atoms with Gasteiger partial charge in [0, 0.05) is 11.5 Å². The molecule has 2 aromatic heterocycles. The third-order valence-corrected chi connectivity index (χ3v) is 4.06. The van der Waals surface area contributed by atoms with Crippen LogP contribution in [0.1, 0.15) is 11.1 Å². The van der Waals surface area contributed by atoms with Crippen molar-refractivity contribution in [2.45, 2.75) is 13.5 Å². The molecule has 0 saturated carbocycles. The Labute approximate surface area is 142 Å². The van der Waals surface area contributed by atoms with Gasteiger partial charge in [0.25, 0.3) is 0 Å². The van der Waals surface area contributed by atoms with Crippen molar-refractivity contribution >= 4 is 11.0 Å². The third-order valence-electron chi connectivity index (χ3n) is 4.06. The second kappa shape index (κ2) is 5.90. The molecule has 6 nitrogen and oxygen atoms in total. The van der Waals surface area contributed by atoms with Crippen LogP contribution in [-0.2, 0) is 6.54 Å². The van der Waals surface area contributed by atoms with Gasteiger partial charge in [-0.3, -0.25) is 4.57 Å². The first-order valence-corrected chi connectivity index (χ1v) is 7.85. The van der Waals surface area contributed by atoms with E-state index in [-0.39, 0.29) is 12.2 Å². The number of para-hydroxylation sites is 1. The molecule has 0 bridgehead atoms. The van der Waals surface area contributed by atoms with Crippen LogP contribution in [0.2, 0.25) is 0 Å². The summed E-state index contributed by atoms with van der Waals surface area (Å²) in [5.41, 5.74) is 2.28. The fourth-order valence-electron chi connectivity index (χ4n) is 2.85. The molecule has 0 saturated heterocycles. The quantitative estimate of drug-likeness (QED) is 0.540. The Morgan fingerprint density at radius 1 is 1.04 bits per heavy atom. The zero-order chi connectivity index (χ0) is 17.4. The number of aromatic nitrogens is 3. The van der Waals surface area contributed by atoms with Crippen LogP contribution in [0.4, 0.5) is 0 Å². The Morgan fingerprint density at radius 3 is 2.64 bits per heavy atom. The second-order valence-corrected chi connectivity index (χ2v) is 5.88. The zero-order valence-corrected chi connectivity index (χ0v) is 13.5. The highest BCUT2D eigenvalue weighted by molar-refractivity contribution is 5.80. The summed E-state index contributed by atoms with van der Waals surface area (Å²) in [6.07, 6.45) is 1.48. The molecule has 124 valence electrons. The Morgan fingerprint density at radius 2 is 1.84 bits per heavy atom. The molecule has 2 aromatic carbocycles. The minimum Gasteiger partial charge on any atom is -0.423 e. The number of fused-ring (bicyclic) bond motifs is 1. The molecule has 0 atom stereocenters. The van der Waals surface area contributed by atoms with Gasteiger partial charge in [-0.1, -0.05) is 29.8 Å². The summed E-state index contributed by atoms with van der Waals surface area (Å²) < 4.78 is 8.04. The lowest BCUT2D eigenvalue weighted by Crippen LogP contribution is -2.24. The predicted octanol–water partition coefficient (Wildman–Crippen LogP) is 2.50. The summed E-state index contributed by atoms with van der Waals surface area (Å²) >= 11 is 0. The largest absolute Gasteiger partial charge is 0.423 e. The van der Waals surface area contributed by atoms with Crippen LogP contribution < -0.4 is 11.3 Å². The molecule has 0 unspecified atom stereocenters. The first kappa shape index (κ1) is 15.1. The maximum Gasteiger partial charge on any atom is 0.350 e. The smallest absolute Gasteiger partial charge is 0.350 e. The summed E-state index contributed by atoms with van der Waals surface area (Å²) in [6, 6.07) is 16.2. The van der Waals surface area contributed by atoms with Crippen molar-refractivity contribution in [1.82, 2.24) is 14.3 Å². The summed E-state index contributed by atoms with van der Waals surface area (Å²) in [6.45, 7) is 2.21. The molecule has 2 heterocycles. The molecule has 0 aliphatic rings. The van der Waals surface area contributed by atoms with E-state index in [1.54, 1.807) is 6.07 Å². The lowest BCUT2D eigenvalue weighted by Gasteiger charge is -2.06. The van der Waals surface area contributed by atoms with Gasteiger partial charge < -0.3 is 4.42 Å². The lowest BCUT2D eigenvalue weighted by molar-refractivity contribution is 0.557. The van der Waals surface area contributed by atoms with E-state index >= 15 is 0 Å². The van der Waals surface area contributed by atoms with E-state index in [1.807, 2.05) is 49.4 Å². The average Bonchev–Trinajstić information content (AvgIpc) is 2.97. The van der Waals surface area contributed by atoms with E-state index in [9.17, 15) is 9.59 Å². The summed E-state index contributed by atoms with van der Waals surface area (Å²) in [4.78, 5) is 24.4. The molecule has 0 amide bonds. The number of hydrogen-bond donors (Lipinski definition) is 0. The summed E-state index contributed by atoms with van der Waals surface area (Å²) in [5, 5.41) is 4.99. The first-order valence-electron chi connectivity index (χ1n) is 7.85. The van der Waals surface area contributed by atoms with Gasteiger partial charge in [0.2, 0.25) is 0 Å². The van der Waals surface area contributed by atoms with Gasteiger partial charge >= 0.3 is 11.3 Å². The van der Waals surface area contributed by atoms with Crippen molar-refractivity contribution in [2.75, 3.05) is 0 Å². The maximum absolute atomic E-state index is 12.6. The predicted molar refractivity (Wildman–Crippen MR) is 94.1 cm³/mol. The number of nitrogens with zero attached hydrogens (tertiary/aromatic N) is 3. The highest BCUT2D eigenvalue weighted by atomic mass is 16.4.